The molecule has 2 heterocycles. The van der Waals surface area contributed by atoms with E-state index >= 15 is 0 Å². The van der Waals surface area contributed by atoms with Crippen molar-refractivity contribution < 1.29 is 17.9 Å². The summed E-state index contributed by atoms with van der Waals surface area (Å²) < 4.78 is 27.4. The van der Waals surface area contributed by atoms with Gasteiger partial charge in [0, 0.05) is 13.1 Å². The van der Waals surface area contributed by atoms with Gasteiger partial charge in [-0.2, -0.15) is 0 Å². The minimum Gasteiger partial charge on any atom is -0.453 e. The average Bonchev–Trinajstić information content (AvgIpc) is 2.79. The summed E-state index contributed by atoms with van der Waals surface area (Å²) in [7, 11) is 0.0968. The number of amides is 1. The minimum absolute atomic E-state index is 0.0892. The monoisotopic (exact) mass is 300 g/mol. The van der Waals surface area contributed by atoms with Crippen LogP contribution >= 0.6 is 0 Å². The molecule has 0 aliphatic carbocycles. The number of rotatable bonds is 3. The van der Waals surface area contributed by atoms with Gasteiger partial charge in [-0.05, 0) is 18.6 Å². The Bertz CT molecular complexity index is 587. The molecule has 1 aliphatic rings. The summed E-state index contributed by atoms with van der Waals surface area (Å²) >= 11 is 0. The lowest BCUT2D eigenvalue weighted by Gasteiger charge is -2.23. The first-order valence-electron chi connectivity index (χ1n) is 6.03. The number of carbonyl (C=O) groups excluding carboxylic acids is 1. The highest BCUT2D eigenvalue weighted by atomic mass is 32.2. The van der Waals surface area contributed by atoms with Crippen LogP contribution in [0.3, 0.4) is 0 Å². The number of nitrogens with zero attached hydrogens (tertiary/aromatic N) is 3. The van der Waals surface area contributed by atoms with Gasteiger partial charge in [0.25, 0.3) is 0 Å². The minimum atomic E-state index is -2.94. The molecule has 9 heteroatoms. The zero-order valence-electron chi connectivity index (χ0n) is 11.2. The third kappa shape index (κ3) is 3.35. The molecule has 2 rings (SSSR count). The highest BCUT2D eigenvalue weighted by Gasteiger charge is 2.31. The fourth-order valence-corrected chi connectivity index (χ4v) is 3.78. The average molecular weight is 300 g/mol. The van der Waals surface area contributed by atoms with Gasteiger partial charge >= 0.3 is 6.09 Å². The second kappa shape index (κ2) is 5.61. The van der Waals surface area contributed by atoms with Gasteiger partial charge in [-0.15, -0.1) is 10.2 Å². The van der Waals surface area contributed by atoms with E-state index in [1.165, 1.54) is 7.11 Å². The van der Waals surface area contributed by atoms with Crippen LogP contribution in [-0.2, 0) is 14.6 Å². The van der Waals surface area contributed by atoms with Gasteiger partial charge in [0.2, 0.25) is 0 Å². The summed E-state index contributed by atoms with van der Waals surface area (Å²) in [4.78, 5) is 12.8. The number of aromatic nitrogens is 2. The van der Waals surface area contributed by atoms with Gasteiger partial charge in [-0.3, -0.25) is 5.32 Å². The predicted molar refractivity (Wildman–Crippen MR) is 73.5 cm³/mol. The number of carbonyl (C=O) groups is 1. The Labute approximate surface area is 117 Å². The molecule has 0 saturated carbocycles. The van der Waals surface area contributed by atoms with Crippen LogP contribution in [0, 0.1) is 0 Å². The Balaban J connectivity index is 2.04. The van der Waals surface area contributed by atoms with Crippen LogP contribution in [0.4, 0.5) is 16.4 Å². The molecule has 1 fully saturated rings. The summed E-state index contributed by atoms with van der Waals surface area (Å²) in [6.45, 7) is 0. The Morgan fingerprint density at radius 1 is 1.45 bits per heavy atom. The van der Waals surface area contributed by atoms with E-state index in [1.807, 2.05) is 0 Å². The van der Waals surface area contributed by atoms with E-state index in [0.29, 0.717) is 12.2 Å². The number of anilines is 2. The van der Waals surface area contributed by atoms with Crippen molar-refractivity contribution >= 4 is 27.6 Å². The van der Waals surface area contributed by atoms with Crippen molar-refractivity contribution in [1.29, 1.82) is 0 Å². The van der Waals surface area contributed by atoms with E-state index in [-0.39, 0.29) is 23.4 Å². The number of hydrogen-bond acceptors (Lipinski definition) is 7. The summed E-state index contributed by atoms with van der Waals surface area (Å²) in [5.74, 6) is 1.17. The first-order valence-corrected chi connectivity index (χ1v) is 7.85. The fraction of sp³-hybridized carbons (Fsp3) is 0.545. The van der Waals surface area contributed by atoms with Crippen LogP contribution in [0.1, 0.15) is 6.42 Å². The van der Waals surface area contributed by atoms with Crippen molar-refractivity contribution in [2.24, 2.45) is 0 Å². The normalized spacial score (nSPS) is 20.4. The molecule has 0 bridgehead atoms. The van der Waals surface area contributed by atoms with Crippen LogP contribution in [-0.4, -0.2) is 56.4 Å². The second-order valence-electron chi connectivity index (χ2n) is 4.56. The number of ether oxygens (including phenoxy) is 1. The predicted octanol–water partition coefficient (Wildman–Crippen LogP) is 0.278. The summed E-state index contributed by atoms with van der Waals surface area (Å²) in [6.07, 6.45) is -0.0369. The first kappa shape index (κ1) is 14.5. The largest absolute Gasteiger partial charge is 0.453 e. The van der Waals surface area contributed by atoms with E-state index in [9.17, 15) is 13.2 Å². The highest BCUT2D eigenvalue weighted by Crippen LogP contribution is 2.21. The molecular formula is C11H16N4O4S. The van der Waals surface area contributed by atoms with Crippen molar-refractivity contribution in [1.82, 2.24) is 10.2 Å². The molecule has 0 aromatic carbocycles. The van der Waals surface area contributed by atoms with Crippen LogP contribution in [0.15, 0.2) is 12.1 Å². The van der Waals surface area contributed by atoms with E-state index in [1.54, 1.807) is 24.1 Å². The quantitative estimate of drug-likeness (QED) is 0.855. The molecule has 20 heavy (non-hydrogen) atoms. The summed E-state index contributed by atoms with van der Waals surface area (Å²) in [5, 5.41) is 10.2. The van der Waals surface area contributed by atoms with Gasteiger partial charge in [0.1, 0.15) is 0 Å². The molecule has 1 saturated heterocycles. The fourth-order valence-electron chi connectivity index (χ4n) is 2.00. The van der Waals surface area contributed by atoms with Gasteiger partial charge in [0.15, 0.2) is 21.5 Å². The Kier molecular flexibility index (Phi) is 4.07. The van der Waals surface area contributed by atoms with Gasteiger partial charge in [-0.25, -0.2) is 13.2 Å². The summed E-state index contributed by atoms with van der Waals surface area (Å²) in [6, 6.07) is 3.16. The molecular weight excluding hydrogens is 284 g/mol. The van der Waals surface area contributed by atoms with E-state index in [0.717, 1.165) is 0 Å². The van der Waals surface area contributed by atoms with E-state index in [4.69, 9.17) is 0 Å². The standard InChI is InChI=1S/C11H16N4O4S/c1-15(8-5-6-20(17,18)7-8)10-4-3-9(13-14-10)12-11(16)19-2/h3-4,8H,5-7H2,1-2H3,(H,12,13,16). The zero-order valence-corrected chi connectivity index (χ0v) is 12.1. The Morgan fingerprint density at radius 3 is 2.70 bits per heavy atom. The number of nitrogens with one attached hydrogen (secondary N) is 1. The van der Waals surface area contributed by atoms with Crippen LogP contribution in [0.5, 0.6) is 0 Å². The van der Waals surface area contributed by atoms with E-state index in [2.05, 4.69) is 20.3 Å². The SMILES string of the molecule is COC(=O)Nc1ccc(N(C)C2CCS(=O)(=O)C2)nn1. The molecule has 1 aromatic heterocycles. The van der Waals surface area contributed by atoms with Crippen molar-refractivity contribution in [2.45, 2.75) is 12.5 Å². The smallest absolute Gasteiger partial charge is 0.412 e. The third-order valence-electron chi connectivity index (χ3n) is 3.18. The molecule has 1 aliphatic heterocycles. The molecule has 1 N–H and O–H groups in total. The maximum absolute atomic E-state index is 11.5. The first-order chi connectivity index (χ1) is 9.41. The van der Waals surface area contributed by atoms with Gasteiger partial charge < -0.3 is 9.64 Å². The number of methoxy groups -OCH3 is 1. The molecule has 0 radical (unpaired) electrons. The van der Waals surface area contributed by atoms with Crippen molar-refractivity contribution in [3.05, 3.63) is 12.1 Å². The molecule has 1 atom stereocenters. The van der Waals surface area contributed by atoms with Gasteiger partial charge in [-0.1, -0.05) is 0 Å². The van der Waals surface area contributed by atoms with Crippen molar-refractivity contribution in [3.63, 3.8) is 0 Å². The third-order valence-corrected chi connectivity index (χ3v) is 4.93. The van der Waals surface area contributed by atoms with Gasteiger partial charge in [0.05, 0.1) is 18.6 Å². The van der Waals surface area contributed by atoms with Crippen LogP contribution in [0.2, 0.25) is 0 Å². The molecule has 110 valence electrons. The topological polar surface area (TPSA) is 101 Å². The van der Waals surface area contributed by atoms with Crippen molar-refractivity contribution in [3.8, 4) is 0 Å². The molecule has 1 unspecified atom stereocenters. The number of sulfone groups is 1. The number of hydrogen-bond donors (Lipinski definition) is 1. The lowest BCUT2D eigenvalue weighted by Crippen LogP contribution is -2.33. The highest BCUT2D eigenvalue weighted by molar-refractivity contribution is 7.91. The van der Waals surface area contributed by atoms with E-state index < -0.39 is 15.9 Å². The lowest BCUT2D eigenvalue weighted by atomic mass is 10.2. The maximum Gasteiger partial charge on any atom is 0.412 e. The van der Waals surface area contributed by atoms with Crippen LogP contribution in [0.25, 0.3) is 0 Å². The molecule has 1 amide bonds. The summed E-state index contributed by atoms with van der Waals surface area (Å²) in [5.41, 5.74) is 0. The van der Waals surface area contributed by atoms with Crippen molar-refractivity contribution in [2.75, 3.05) is 35.9 Å². The van der Waals surface area contributed by atoms with Crippen LogP contribution < -0.4 is 10.2 Å². The molecule has 0 spiro atoms. The zero-order chi connectivity index (χ0) is 14.8. The molecule has 1 aromatic rings. The second-order valence-corrected chi connectivity index (χ2v) is 6.79. The Hall–Kier alpha value is -1.90. The lowest BCUT2D eigenvalue weighted by molar-refractivity contribution is 0.187. The maximum atomic E-state index is 11.5. The molecule has 8 nitrogen and oxygen atoms in total. The Morgan fingerprint density at radius 2 is 2.20 bits per heavy atom.